The molecule has 15 heavy (non-hydrogen) atoms. The second-order valence-electron chi connectivity index (χ2n) is 3.34. The molecule has 0 aliphatic heterocycles. The standard InChI is InChI=1S/C11H20O2.2Na/c1-2-3-4-5-6-7-8-9-10-11(12)13;;/h2H,1,3-10H2,(H,12,13);;/q;2*+1. The maximum Gasteiger partial charge on any atom is 1.00 e. The zero-order chi connectivity index (χ0) is 9.94. The first-order chi connectivity index (χ1) is 6.27. The van der Waals surface area contributed by atoms with Crippen molar-refractivity contribution in [2.45, 2.75) is 51.4 Å². The van der Waals surface area contributed by atoms with Crippen LogP contribution in [0.1, 0.15) is 51.4 Å². The van der Waals surface area contributed by atoms with Crippen molar-refractivity contribution >= 4 is 5.97 Å². The second kappa shape index (κ2) is 17.6. The monoisotopic (exact) mass is 230 g/mol. The fourth-order valence-electron chi connectivity index (χ4n) is 1.27. The largest absolute Gasteiger partial charge is 1.00 e. The van der Waals surface area contributed by atoms with Gasteiger partial charge in [-0.15, -0.1) is 6.58 Å². The summed E-state index contributed by atoms with van der Waals surface area (Å²) < 4.78 is 0. The Bertz CT molecular complexity index is 150. The number of carboxylic acid groups (broad SMARTS) is 1. The van der Waals surface area contributed by atoms with E-state index in [-0.39, 0.29) is 59.1 Å². The molecule has 0 radical (unpaired) electrons. The zero-order valence-electron chi connectivity index (χ0n) is 10.3. The molecule has 0 spiro atoms. The van der Waals surface area contributed by atoms with E-state index < -0.39 is 5.97 Å². The van der Waals surface area contributed by atoms with Gasteiger partial charge in [0.15, 0.2) is 0 Å². The molecule has 0 atom stereocenters. The first kappa shape index (κ1) is 21.5. The van der Waals surface area contributed by atoms with Crippen LogP contribution in [0.15, 0.2) is 12.7 Å². The molecular weight excluding hydrogens is 210 g/mol. The van der Waals surface area contributed by atoms with E-state index in [4.69, 9.17) is 5.11 Å². The smallest absolute Gasteiger partial charge is 0.481 e. The molecule has 0 heterocycles. The minimum Gasteiger partial charge on any atom is -0.481 e. The van der Waals surface area contributed by atoms with Crippen LogP contribution in [-0.2, 0) is 4.79 Å². The van der Waals surface area contributed by atoms with Crippen LogP contribution in [0.2, 0.25) is 0 Å². The molecule has 0 aliphatic rings. The van der Waals surface area contributed by atoms with E-state index in [1.807, 2.05) is 6.08 Å². The molecule has 0 aromatic rings. The van der Waals surface area contributed by atoms with Crippen LogP contribution >= 0.6 is 0 Å². The van der Waals surface area contributed by atoms with Gasteiger partial charge in [-0.3, -0.25) is 4.79 Å². The SMILES string of the molecule is C=CCCCCCCCCC(=O)O.[Na+].[Na+]. The molecule has 76 valence electrons. The number of aliphatic carboxylic acids is 1. The third-order valence-corrected chi connectivity index (χ3v) is 2.05. The van der Waals surface area contributed by atoms with Gasteiger partial charge in [0.05, 0.1) is 0 Å². The van der Waals surface area contributed by atoms with Gasteiger partial charge in [0, 0.05) is 6.42 Å². The summed E-state index contributed by atoms with van der Waals surface area (Å²) in [5.41, 5.74) is 0. The van der Waals surface area contributed by atoms with Gasteiger partial charge >= 0.3 is 65.1 Å². The van der Waals surface area contributed by atoms with Gasteiger partial charge in [-0.25, -0.2) is 0 Å². The minimum absolute atomic E-state index is 0. The fraction of sp³-hybridized carbons (Fsp3) is 0.727. The predicted molar refractivity (Wildman–Crippen MR) is 54.8 cm³/mol. The molecule has 0 fully saturated rings. The number of carbonyl (C=O) groups is 1. The first-order valence-corrected chi connectivity index (χ1v) is 5.10. The van der Waals surface area contributed by atoms with E-state index >= 15 is 0 Å². The van der Waals surface area contributed by atoms with Crippen molar-refractivity contribution in [2.24, 2.45) is 0 Å². The van der Waals surface area contributed by atoms with Crippen LogP contribution in [0, 0.1) is 0 Å². The van der Waals surface area contributed by atoms with Crippen LogP contribution < -0.4 is 59.1 Å². The Morgan fingerprint density at radius 3 is 1.93 bits per heavy atom. The van der Waals surface area contributed by atoms with E-state index in [9.17, 15) is 4.79 Å². The number of hydrogen-bond donors (Lipinski definition) is 1. The van der Waals surface area contributed by atoms with Gasteiger partial charge < -0.3 is 5.11 Å². The van der Waals surface area contributed by atoms with Gasteiger partial charge in [0.2, 0.25) is 0 Å². The molecule has 2 nitrogen and oxygen atoms in total. The molecular formula is C11H20Na2O2+2. The Labute approximate surface area is 137 Å². The van der Waals surface area contributed by atoms with Crippen LogP contribution in [0.3, 0.4) is 0 Å². The number of rotatable bonds is 9. The third-order valence-electron chi connectivity index (χ3n) is 2.05. The molecule has 4 heteroatoms. The molecule has 0 saturated heterocycles. The zero-order valence-corrected chi connectivity index (χ0v) is 14.3. The Morgan fingerprint density at radius 1 is 1.00 bits per heavy atom. The van der Waals surface area contributed by atoms with Crippen molar-refractivity contribution < 1.29 is 69.0 Å². The summed E-state index contributed by atoms with van der Waals surface area (Å²) in [6, 6.07) is 0. The Balaban J connectivity index is -0.000000720. The molecule has 1 N–H and O–H groups in total. The molecule has 0 aromatic carbocycles. The van der Waals surface area contributed by atoms with Crippen molar-refractivity contribution in [2.75, 3.05) is 0 Å². The number of carboxylic acids is 1. The summed E-state index contributed by atoms with van der Waals surface area (Å²) in [6.07, 6.45) is 10.1. The summed E-state index contributed by atoms with van der Waals surface area (Å²) in [6.45, 7) is 3.66. The molecule has 0 saturated carbocycles. The number of unbranched alkanes of at least 4 members (excludes halogenated alkanes) is 6. The first-order valence-electron chi connectivity index (χ1n) is 5.10. The van der Waals surface area contributed by atoms with Crippen molar-refractivity contribution in [1.82, 2.24) is 0 Å². The van der Waals surface area contributed by atoms with E-state index in [1.54, 1.807) is 0 Å². The van der Waals surface area contributed by atoms with E-state index in [0.717, 1.165) is 19.3 Å². The second-order valence-corrected chi connectivity index (χ2v) is 3.34. The van der Waals surface area contributed by atoms with Crippen LogP contribution in [0.5, 0.6) is 0 Å². The maximum atomic E-state index is 10.2. The van der Waals surface area contributed by atoms with Crippen molar-refractivity contribution in [3.05, 3.63) is 12.7 Å². The van der Waals surface area contributed by atoms with Gasteiger partial charge in [-0.2, -0.15) is 0 Å². The Morgan fingerprint density at radius 2 is 1.47 bits per heavy atom. The molecule has 0 bridgehead atoms. The number of allylic oxidation sites excluding steroid dienone is 1. The number of hydrogen-bond acceptors (Lipinski definition) is 1. The summed E-state index contributed by atoms with van der Waals surface area (Å²) in [7, 11) is 0. The van der Waals surface area contributed by atoms with E-state index in [0.29, 0.717) is 6.42 Å². The molecule has 0 aliphatic carbocycles. The summed E-state index contributed by atoms with van der Waals surface area (Å²) >= 11 is 0. The van der Waals surface area contributed by atoms with Crippen LogP contribution in [-0.4, -0.2) is 11.1 Å². The normalized spacial score (nSPS) is 8.53. The summed E-state index contributed by atoms with van der Waals surface area (Å²) in [4.78, 5) is 10.2. The van der Waals surface area contributed by atoms with E-state index in [1.165, 1.54) is 25.7 Å². The molecule has 0 amide bonds. The molecule has 0 rings (SSSR count). The average Bonchev–Trinajstić information content (AvgIpc) is 2.09. The fourth-order valence-corrected chi connectivity index (χ4v) is 1.27. The van der Waals surface area contributed by atoms with Crippen LogP contribution in [0.4, 0.5) is 0 Å². The minimum atomic E-state index is -0.674. The molecule has 0 aromatic heterocycles. The van der Waals surface area contributed by atoms with Gasteiger partial charge in [0.25, 0.3) is 0 Å². The van der Waals surface area contributed by atoms with Crippen molar-refractivity contribution in [1.29, 1.82) is 0 Å². The van der Waals surface area contributed by atoms with E-state index in [2.05, 4.69) is 6.58 Å². The topological polar surface area (TPSA) is 37.3 Å². The Hall–Kier alpha value is 1.21. The third kappa shape index (κ3) is 21.1. The van der Waals surface area contributed by atoms with Crippen LogP contribution in [0.25, 0.3) is 0 Å². The average molecular weight is 230 g/mol. The van der Waals surface area contributed by atoms with Gasteiger partial charge in [-0.1, -0.05) is 31.8 Å². The maximum absolute atomic E-state index is 10.2. The van der Waals surface area contributed by atoms with Crippen molar-refractivity contribution in [3.8, 4) is 0 Å². The van der Waals surface area contributed by atoms with Crippen molar-refractivity contribution in [3.63, 3.8) is 0 Å². The van der Waals surface area contributed by atoms with Gasteiger partial charge in [-0.05, 0) is 19.3 Å². The van der Waals surface area contributed by atoms with Gasteiger partial charge in [0.1, 0.15) is 0 Å². The summed E-state index contributed by atoms with van der Waals surface area (Å²) in [5, 5.41) is 8.38. The Kier molecular flexibility index (Phi) is 25.2. The quantitative estimate of drug-likeness (QED) is 0.268. The summed E-state index contributed by atoms with van der Waals surface area (Å²) in [5.74, 6) is -0.674. The molecule has 0 unspecified atom stereocenters. The predicted octanol–water partition coefficient (Wildman–Crippen LogP) is -2.61.